The molecule has 0 saturated heterocycles. The monoisotopic (exact) mass is 262 g/mol. The molecule has 1 aromatic rings. The Balaban J connectivity index is 3.11. The molecule has 0 heterocycles. The van der Waals surface area contributed by atoms with Gasteiger partial charge in [-0.15, -0.1) is 0 Å². The molecule has 0 bridgehead atoms. The van der Waals surface area contributed by atoms with E-state index in [-0.39, 0.29) is 6.10 Å². The quantitative estimate of drug-likeness (QED) is 0.782. The minimum absolute atomic E-state index is 0.304. The van der Waals surface area contributed by atoms with Gasteiger partial charge >= 0.3 is 0 Å². The summed E-state index contributed by atoms with van der Waals surface area (Å²) in [6.45, 7) is 11.2. The lowest BCUT2D eigenvalue weighted by molar-refractivity contribution is 0.155. The van der Waals surface area contributed by atoms with Gasteiger partial charge in [-0.05, 0) is 11.5 Å². The van der Waals surface area contributed by atoms with Crippen LogP contribution >= 0.6 is 0 Å². The molecule has 0 spiro atoms. The van der Waals surface area contributed by atoms with Crippen LogP contribution in [-0.4, -0.2) is 19.3 Å². The predicted molar refractivity (Wildman–Crippen MR) is 83.2 cm³/mol. The minimum Gasteiger partial charge on any atom is -0.389 e. The van der Waals surface area contributed by atoms with E-state index in [2.05, 4.69) is 51.7 Å². The third-order valence-electron chi connectivity index (χ3n) is 3.49. The molecule has 0 fully saturated rings. The van der Waals surface area contributed by atoms with Gasteiger partial charge in [-0.1, -0.05) is 81.5 Å². The molecule has 2 heteroatoms. The average molecular weight is 262 g/mol. The number of aliphatic hydroxyl groups excluding tert-OH is 1. The topological polar surface area (TPSA) is 20.2 Å². The molecule has 2 unspecified atom stereocenters. The van der Waals surface area contributed by atoms with Gasteiger partial charge in [-0.3, -0.25) is 0 Å². The van der Waals surface area contributed by atoms with Gasteiger partial charge in [0.1, 0.15) is 0 Å². The summed E-state index contributed by atoms with van der Waals surface area (Å²) in [6, 6.07) is 10.3. The molecule has 2 atom stereocenters. The summed E-state index contributed by atoms with van der Waals surface area (Å²) in [5.74, 6) is 0.326. The fourth-order valence-electron chi connectivity index (χ4n) is 2.00. The van der Waals surface area contributed by atoms with Crippen LogP contribution in [-0.2, 0) is 0 Å². The summed E-state index contributed by atoms with van der Waals surface area (Å²) in [4.78, 5) is 0. The molecule has 0 aliphatic carbocycles. The molecule has 0 aliphatic heterocycles. The fourth-order valence-corrected chi connectivity index (χ4v) is 3.78. The van der Waals surface area contributed by atoms with Gasteiger partial charge in [0.25, 0.3) is 0 Å². The first-order valence-corrected chi connectivity index (χ1v) is 10.3. The van der Waals surface area contributed by atoms with Gasteiger partial charge in [0.2, 0.25) is 0 Å². The summed E-state index contributed by atoms with van der Waals surface area (Å²) in [5, 5.41) is 11.8. The van der Waals surface area contributed by atoms with Crippen LogP contribution < -0.4 is 0 Å². The molecular formula is C16H26OSi. The molecule has 0 aromatic heterocycles. The lowest BCUT2D eigenvalue weighted by Gasteiger charge is -2.29. The standard InChI is InChI=1S/C16H26OSi/c1-6-13(2)16(17)15(18(3,4)5)12-14-10-8-7-9-11-14/h7-13,16-17H,6H2,1-5H3/b15-12+. The molecule has 0 aliphatic rings. The average Bonchev–Trinajstić information content (AvgIpc) is 2.34. The lowest BCUT2D eigenvalue weighted by atomic mass is 10.0. The summed E-state index contributed by atoms with van der Waals surface area (Å²) in [5.41, 5.74) is 1.19. The Bertz CT molecular complexity index is 389. The maximum absolute atomic E-state index is 10.5. The zero-order valence-electron chi connectivity index (χ0n) is 12.3. The zero-order chi connectivity index (χ0) is 13.8. The van der Waals surface area contributed by atoms with Gasteiger partial charge in [-0.25, -0.2) is 0 Å². The van der Waals surface area contributed by atoms with Gasteiger partial charge in [0.15, 0.2) is 0 Å². The second-order valence-corrected chi connectivity index (χ2v) is 11.2. The predicted octanol–water partition coefficient (Wildman–Crippen LogP) is 4.35. The van der Waals surface area contributed by atoms with E-state index in [0.29, 0.717) is 5.92 Å². The smallest absolute Gasteiger partial charge is 0.0758 e. The van der Waals surface area contributed by atoms with Crippen LogP contribution in [0.25, 0.3) is 6.08 Å². The van der Waals surface area contributed by atoms with Crippen LogP contribution in [0.1, 0.15) is 25.8 Å². The molecule has 0 amide bonds. The fraction of sp³-hybridized carbons (Fsp3) is 0.500. The first-order chi connectivity index (χ1) is 8.36. The first-order valence-electron chi connectivity index (χ1n) is 6.81. The maximum Gasteiger partial charge on any atom is 0.0758 e. The highest BCUT2D eigenvalue weighted by atomic mass is 28.3. The van der Waals surface area contributed by atoms with Gasteiger partial charge in [-0.2, -0.15) is 0 Å². The second-order valence-electron chi connectivity index (χ2n) is 6.09. The van der Waals surface area contributed by atoms with Crippen molar-refractivity contribution in [3.05, 3.63) is 41.1 Å². The molecular weight excluding hydrogens is 236 g/mol. The number of aliphatic hydroxyl groups is 1. The second kappa shape index (κ2) is 6.35. The Morgan fingerprint density at radius 3 is 2.22 bits per heavy atom. The SMILES string of the molecule is CCC(C)C(O)/C(=C\c1ccccc1)[Si](C)(C)C. The zero-order valence-corrected chi connectivity index (χ0v) is 13.3. The molecule has 1 nitrogen and oxygen atoms in total. The summed E-state index contributed by atoms with van der Waals surface area (Å²) in [7, 11) is -1.50. The van der Waals surface area contributed by atoms with Crippen molar-refractivity contribution in [2.24, 2.45) is 5.92 Å². The number of hydrogen-bond acceptors (Lipinski definition) is 1. The molecule has 0 radical (unpaired) electrons. The van der Waals surface area contributed by atoms with E-state index in [1.54, 1.807) is 0 Å². The van der Waals surface area contributed by atoms with Crippen molar-refractivity contribution in [1.29, 1.82) is 0 Å². The maximum atomic E-state index is 10.5. The van der Waals surface area contributed by atoms with Crippen molar-refractivity contribution in [2.45, 2.75) is 46.0 Å². The van der Waals surface area contributed by atoms with Crippen LogP contribution in [0.5, 0.6) is 0 Å². The minimum atomic E-state index is -1.50. The van der Waals surface area contributed by atoms with Crippen molar-refractivity contribution in [1.82, 2.24) is 0 Å². The van der Waals surface area contributed by atoms with E-state index in [1.807, 2.05) is 18.2 Å². The van der Waals surface area contributed by atoms with E-state index in [9.17, 15) is 5.11 Å². The summed E-state index contributed by atoms with van der Waals surface area (Å²) >= 11 is 0. The van der Waals surface area contributed by atoms with Crippen molar-refractivity contribution in [3.63, 3.8) is 0 Å². The largest absolute Gasteiger partial charge is 0.389 e. The third kappa shape index (κ3) is 4.11. The van der Waals surface area contributed by atoms with E-state index < -0.39 is 8.07 Å². The van der Waals surface area contributed by atoms with Crippen molar-refractivity contribution >= 4 is 14.1 Å². The summed E-state index contributed by atoms with van der Waals surface area (Å²) in [6.07, 6.45) is 2.91. The van der Waals surface area contributed by atoms with Crippen LogP contribution in [0.4, 0.5) is 0 Å². The van der Waals surface area contributed by atoms with Crippen LogP contribution in [0.15, 0.2) is 35.5 Å². The van der Waals surface area contributed by atoms with Crippen molar-refractivity contribution in [3.8, 4) is 0 Å². The van der Waals surface area contributed by atoms with Crippen molar-refractivity contribution in [2.75, 3.05) is 0 Å². The first kappa shape index (κ1) is 15.2. The van der Waals surface area contributed by atoms with E-state index >= 15 is 0 Å². The lowest BCUT2D eigenvalue weighted by Crippen LogP contribution is -2.35. The highest BCUT2D eigenvalue weighted by molar-refractivity contribution is 6.83. The molecule has 1 aromatic carbocycles. The van der Waals surface area contributed by atoms with Crippen molar-refractivity contribution < 1.29 is 5.11 Å². The molecule has 100 valence electrons. The van der Waals surface area contributed by atoms with E-state index in [4.69, 9.17) is 0 Å². The van der Waals surface area contributed by atoms with E-state index in [0.717, 1.165) is 6.42 Å². The molecule has 18 heavy (non-hydrogen) atoms. The summed E-state index contributed by atoms with van der Waals surface area (Å²) < 4.78 is 0. The van der Waals surface area contributed by atoms with E-state index in [1.165, 1.54) is 10.8 Å². The Kier molecular flexibility index (Phi) is 5.36. The number of benzene rings is 1. The highest BCUT2D eigenvalue weighted by Gasteiger charge is 2.28. The Morgan fingerprint density at radius 1 is 1.22 bits per heavy atom. The Morgan fingerprint density at radius 2 is 1.78 bits per heavy atom. The van der Waals surface area contributed by atoms with Gasteiger partial charge in [0, 0.05) is 0 Å². The van der Waals surface area contributed by atoms with Gasteiger partial charge in [0.05, 0.1) is 14.2 Å². The number of rotatable bonds is 5. The Labute approximate surface area is 113 Å². The van der Waals surface area contributed by atoms with Crippen LogP contribution in [0.3, 0.4) is 0 Å². The Hall–Kier alpha value is -0.863. The molecule has 1 rings (SSSR count). The molecule has 0 saturated carbocycles. The highest BCUT2D eigenvalue weighted by Crippen LogP contribution is 2.26. The van der Waals surface area contributed by atoms with Gasteiger partial charge < -0.3 is 5.11 Å². The number of hydrogen-bond donors (Lipinski definition) is 1. The van der Waals surface area contributed by atoms with Crippen LogP contribution in [0, 0.1) is 5.92 Å². The third-order valence-corrected chi connectivity index (χ3v) is 5.66. The van der Waals surface area contributed by atoms with Crippen LogP contribution in [0.2, 0.25) is 19.6 Å². The molecule has 1 N–H and O–H groups in total. The normalized spacial score (nSPS) is 16.4.